The molecule has 5 heteroatoms. The fourth-order valence-corrected chi connectivity index (χ4v) is 4.02. The summed E-state index contributed by atoms with van der Waals surface area (Å²) >= 11 is 6.21. The van der Waals surface area contributed by atoms with Crippen molar-refractivity contribution in [2.24, 2.45) is 5.92 Å². The van der Waals surface area contributed by atoms with Gasteiger partial charge >= 0.3 is 0 Å². The van der Waals surface area contributed by atoms with E-state index in [1.54, 1.807) is 6.20 Å². The second-order valence-electron chi connectivity index (χ2n) is 7.50. The molecule has 0 radical (unpaired) electrons. The molecule has 0 spiro atoms. The number of carbonyl (C=O) groups excluding carboxylic acids is 1. The van der Waals surface area contributed by atoms with Crippen LogP contribution in [0.15, 0.2) is 48.7 Å². The minimum Gasteiger partial charge on any atom is -0.348 e. The van der Waals surface area contributed by atoms with Gasteiger partial charge in [0.05, 0.1) is 17.8 Å². The lowest BCUT2D eigenvalue weighted by Crippen LogP contribution is -2.45. The lowest BCUT2D eigenvalue weighted by molar-refractivity contribution is -0.126. The van der Waals surface area contributed by atoms with Crippen LogP contribution in [-0.4, -0.2) is 28.9 Å². The monoisotopic (exact) mass is 385 g/mol. The van der Waals surface area contributed by atoms with Crippen molar-refractivity contribution in [3.05, 3.63) is 64.9 Å². The Balaban J connectivity index is 1.69. The Labute approximate surface area is 166 Å². The zero-order valence-electron chi connectivity index (χ0n) is 16.1. The topological polar surface area (TPSA) is 45.2 Å². The third-order valence-electron chi connectivity index (χ3n) is 5.55. The van der Waals surface area contributed by atoms with E-state index in [0.29, 0.717) is 17.5 Å². The predicted molar refractivity (Wildman–Crippen MR) is 109 cm³/mol. The van der Waals surface area contributed by atoms with Crippen LogP contribution in [0.5, 0.6) is 0 Å². The van der Waals surface area contributed by atoms with Gasteiger partial charge in [-0.15, -0.1) is 0 Å². The van der Waals surface area contributed by atoms with Gasteiger partial charge in [0.2, 0.25) is 5.91 Å². The Kier molecular flexibility index (Phi) is 6.86. The van der Waals surface area contributed by atoms with E-state index in [1.165, 1.54) is 12.8 Å². The highest BCUT2D eigenvalue weighted by Crippen LogP contribution is 2.36. The van der Waals surface area contributed by atoms with Gasteiger partial charge in [-0.05, 0) is 62.6 Å². The van der Waals surface area contributed by atoms with Crippen molar-refractivity contribution in [1.29, 1.82) is 0 Å². The maximum Gasteiger partial charge on any atom is 0.237 e. The molecule has 0 saturated heterocycles. The molecule has 1 saturated carbocycles. The minimum atomic E-state index is -0.241. The van der Waals surface area contributed by atoms with Gasteiger partial charge in [-0.25, -0.2) is 0 Å². The second kappa shape index (κ2) is 9.34. The van der Waals surface area contributed by atoms with E-state index in [9.17, 15) is 4.79 Å². The van der Waals surface area contributed by atoms with Gasteiger partial charge in [-0.1, -0.05) is 42.6 Å². The summed E-state index contributed by atoms with van der Waals surface area (Å²) in [7, 11) is 1.96. The Hall–Kier alpha value is -1.91. The number of halogens is 1. The quantitative estimate of drug-likeness (QED) is 0.757. The summed E-state index contributed by atoms with van der Waals surface area (Å²) in [6.45, 7) is 2.59. The number of nitrogens with one attached hydrogen (secondary N) is 1. The molecule has 1 aliphatic carbocycles. The molecule has 1 fully saturated rings. The number of aromatic nitrogens is 1. The van der Waals surface area contributed by atoms with Gasteiger partial charge in [-0.3, -0.25) is 14.7 Å². The molecule has 4 nitrogen and oxygen atoms in total. The van der Waals surface area contributed by atoms with Crippen molar-refractivity contribution < 1.29 is 4.79 Å². The normalized spacial score (nSPS) is 17.0. The average Bonchev–Trinajstić information content (AvgIpc) is 3.20. The summed E-state index contributed by atoms with van der Waals surface area (Å²) in [6.07, 6.45) is 6.54. The Morgan fingerprint density at radius 2 is 2.04 bits per heavy atom. The standard InChI is InChI=1S/C22H28ClN3O/c1-16(26(2)15-20-12-5-6-13-24-20)22(27)25-21(17-8-3-4-9-17)18-10-7-11-19(23)14-18/h5-7,10-14,16-17,21H,3-4,8-9,15H2,1-2H3,(H,25,27). The molecular formula is C22H28ClN3O. The maximum absolute atomic E-state index is 13.0. The van der Waals surface area contributed by atoms with Gasteiger partial charge in [0.25, 0.3) is 0 Å². The van der Waals surface area contributed by atoms with E-state index in [4.69, 9.17) is 11.6 Å². The van der Waals surface area contributed by atoms with Gasteiger partial charge in [0.15, 0.2) is 0 Å². The van der Waals surface area contributed by atoms with Gasteiger partial charge in [0.1, 0.15) is 0 Å². The number of benzene rings is 1. The summed E-state index contributed by atoms with van der Waals surface area (Å²) in [5.41, 5.74) is 2.06. The number of hydrogen-bond acceptors (Lipinski definition) is 3. The fourth-order valence-electron chi connectivity index (χ4n) is 3.82. The molecule has 0 aliphatic heterocycles. The van der Waals surface area contributed by atoms with E-state index in [2.05, 4.69) is 16.4 Å². The first-order chi connectivity index (χ1) is 13.0. The fraction of sp³-hybridized carbons (Fsp3) is 0.455. The van der Waals surface area contributed by atoms with E-state index >= 15 is 0 Å². The maximum atomic E-state index is 13.0. The smallest absolute Gasteiger partial charge is 0.237 e. The minimum absolute atomic E-state index is 0.0180. The average molecular weight is 386 g/mol. The van der Waals surface area contributed by atoms with Crippen molar-refractivity contribution in [2.45, 2.75) is 51.2 Å². The Morgan fingerprint density at radius 3 is 2.70 bits per heavy atom. The van der Waals surface area contributed by atoms with Gasteiger partial charge in [-0.2, -0.15) is 0 Å². The van der Waals surface area contributed by atoms with Crippen molar-refractivity contribution >= 4 is 17.5 Å². The summed E-state index contributed by atoms with van der Waals surface area (Å²) in [5.74, 6) is 0.519. The van der Waals surface area contributed by atoms with Crippen LogP contribution in [0.2, 0.25) is 5.02 Å². The van der Waals surface area contributed by atoms with Crippen molar-refractivity contribution in [1.82, 2.24) is 15.2 Å². The van der Waals surface area contributed by atoms with Crippen LogP contribution < -0.4 is 5.32 Å². The number of hydrogen-bond donors (Lipinski definition) is 1. The number of pyridine rings is 1. The first-order valence-corrected chi connectivity index (χ1v) is 10.1. The SMILES string of the molecule is CC(C(=O)NC(c1cccc(Cl)c1)C1CCCC1)N(C)Cc1ccccn1. The van der Waals surface area contributed by atoms with E-state index < -0.39 is 0 Å². The number of likely N-dealkylation sites (N-methyl/N-ethyl adjacent to an activating group) is 1. The molecule has 1 aromatic heterocycles. The number of amides is 1. The highest BCUT2D eigenvalue weighted by molar-refractivity contribution is 6.30. The molecule has 0 bridgehead atoms. The van der Waals surface area contributed by atoms with Crippen LogP contribution in [-0.2, 0) is 11.3 Å². The van der Waals surface area contributed by atoms with Crippen molar-refractivity contribution in [3.8, 4) is 0 Å². The van der Waals surface area contributed by atoms with Crippen molar-refractivity contribution in [2.75, 3.05) is 7.05 Å². The Bertz CT molecular complexity index is 746. The first kappa shape index (κ1) is 19.8. The number of rotatable bonds is 7. The molecule has 2 unspecified atom stereocenters. The number of carbonyl (C=O) groups is 1. The third kappa shape index (κ3) is 5.30. The molecule has 3 rings (SSSR count). The summed E-state index contributed by atoms with van der Waals surface area (Å²) in [5, 5.41) is 4.02. The second-order valence-corrected chi connectivity index (χ2v) is 7.93. The molecule has 1 amide bonds. The number of nitrogens with zero attached hydrogens (tertiary/aromatic N) is 2. The van der Waals surface area contributed by atoms with Gasteiger partial charge < -0.3 is 5.32 Å². The largest absolute Gasteiger partial charge is 0.348 e. The van der Waals surface area contributed by atoms with Gasteiger partial charge in [0, 0.05) is 17.8 Å². The lowest BCUT2D eigenvalue weighted by Gasteiger charge is -2.29. The molecule has 2 atom stereocenters. The van der Waals surface area contributed by atoms with E-state index in [1.807, 2.05) is 55.3 Å². The molecule has 144 valence electrons. The molecule has 1 heterocycles. The van der Waals surface area contributed by atoms with Crippen LogP contribution >= 0.6 is 11.6 Å². The molecule has 1 aliphatic rings. The zero-order chi connectivity index (χ0) is 19.2. The summed E-state index contributed by atoms with van der Waals surface area (Å²) in [4.78, 5) is 19.4. The van der Waals surface area contributed by atoms with Crippen LogP contribution in [0, 0.1) is 5.92 Å². The lowest BCUT2D eigenvalue weighted by atomic mass is 9.91. The van der Waals surface area contributed by atoms with Crippen LogP contribution in [0.4, 0.5) is 0 Å². The molecule has 1 N–H and O–H groups in total. The third-order valence-corrected chi connectivity index (χ3v) is 5.79. The van der Waals surface area contributed by atoms with Crippen LogP contribution in [0.3, 0.4) is 0 Å². The van der Waals surface area contributed by atoms with Crippen molar-refractivity contribution in [3.63, 3.8) is 0 Å². The van der Waals surface area contributed by atoms with Crippen LogP contribution in [0.25, 0.3) is 0 Å². The summed E-state index contributed by atoms with van der Waals surface area (Å²) < 4.78 is 0. The zero-order valence-corrected chi connectivity index (χ0v) is 16.8. The van der Waals surface area contributed by atoms with E-state index in [-0.39, 0.29) is 18.0 Å². The summed E-state index contributed by atoms with van der Waals surface area (Å²) in [6, 6.07) is 13.5. The molecule has 2 aromatic rings. The predicted octanol–water partition coefficient (Wildman–Crippen LogP) is 4.60. The van der Waals surface area contributed by atoms with Crippen LogP contribution in [0.1, 0.15) is 49.9 Å². The highest BCUT2D eigenvalue weighted by atomic mass is 35.5. The molecule has 1 aromatic carbocycles. The Morgan fingerprint density at radius 1 is 1.26 bits per heavy atom. The highest BCUT2D eigenvalue weighted by Gasteiger charge is 2.30. The molecular weight excluding hydrogens is 358 g/mol. The first-order valence-electron chi connectivity index (χ1n) is 9.70. The molecule has 27 heavy (non-hydrogen) atoms. The van der Waals surface area contributed by atoms with E-state index in [0.717, 1.165) is 24.1 Å².